The van der Waals surface area contributed by atoms with Gasteiger partial charge in [0.25, 0.3) is 0 Å². The summed E-state index contributed by atoms with van der Waals surface area (Å²) in [5.74, 6) is 0.557. The minimum absolute atomic E-state index is 0. The third kappa shape index (κ3) is 6.03. The topological polar surface area (TPSA) is 48.5 Å². The van der Waals surface area contributed by atoms with Gasteiger partial charge in [-0.15, -0.1) is 48.6 Å². The lowest BCUT2D eigenvalue weighted by Gasteiger charge is -2.35. The molecule has 23 heavy (non-hydrogen) atoms. The Hall–Kier alpha value is -0.110. The molecule has 2 aliphatic heterocycles. The number of piperazine rings is 1. The molecule has 1 amide bonds. The first kappa shape index (κ1) is 22.9. The highest BCUT2D eigenvalue weighted by atomic mass is 35.5. The Bertz CT molecular complexity index is 474. The average Bonchev–Trinajstić information content (AvgIpc) is 3.11. The number of hydrogen-bond acceptors (Lipinski definition) is 5. The zero-order valence-electron chi connectivity index (χ0n) is 13.2. The summed E-state index contributed by atoms with van der Waals surface area (Å²) < 4.78 is 0. The number of aryl methyl sites for hydroxylation is 1. The van der Waals surface area contributed by atoms with Gasteiger partial charge in [0, 0.05) is 44.6 Å². The van der Waals surface area contributed by atoms with E-state index in [2.05, 4.69) is 20.6 Å². The Labute approximate surface area is 160 Å². The monoisotopic (exact) mass is 402 g/mol. The second kappa shape index (κ2) is 10.7. The molecule has 2 aliphatic rings. The highest BCUT2D eigenvalue weighted by molar-refractivity contribution is 7.09. The van der Waals surface area contributed by atoms with Gasteiger partial charge in [0.2, 0.25) is 5.91 Å². The summed E-state index contributed by atoms with van der Waals surface area (Å²) in [4.78, 5) is 21.3. The molecular formula is C14H25Cl3N4OS. The van der Waals surface area contributed by atoms with Crippen LogP contribution in [0.2, 0.25) is 0 Å². The highest BCUT2D eigenvalue weighted by Gasteiger charge is 2.29. The van der Waals surface area contributed by atoms with Crippen LogP contribution in [0.4, 0.5) is 0 Å². The van der Waals surface area contributed by atoms with Gasteiger partial charge < -0.3 is 10.2 Å². The molecule has 1 N–H and O–H groups in total. The van der Waals surface area contributed by atoms with Gasteiger partial charge in [0.05, 0.1) is 16.6 Å². The van der Waals surface area contributed by atoms with Crippen LogP contribution < -0.4 is 5.32 Å². The molecule has 0 bridgehead atoms. The van der Waals surface area contributed by atoms with Crippen LogP contribution in [0.25, 0.3) is 0 Å². The Kier molecular flexibility index (Phi) is 10.6. The number of aromatic nitrogens is 1. The number of nitrogens with one attached hydrogen (secondary N) is 1. The molecule has 3 heterocycles. The van der Waals surface area contributed by atoms with E-state index in [1.165, 1.54) is 0 Å². The lowest BCUT2D eigenvalue weighted by atomic mass is 10.1. The van der Waals surface area contributed by atoms with E-state index in [-0.39, 0.29) is 43.1 Å². The van der Waals surface area contributed by atoms with Gasteiger partial charge in [-0.25, -0.2) is 4.98 Å². The third-order valence-electron chi connectivity index (χ3n) is 4.15. The molecule has 1 atom stereocenters. The van der Waals surface area contributed by atoms with E-state index >= 15 is 0 Å². The fourth-order valence-corrected chi connectivity index (χ4v) is 3.56. The van der Waals surface area contributed by atoms with Crippen molar-refractivity contribution >= 4 is 54.5 Å². The van der Waals surface area contributed by atoms with Gasteiger partial charge in [-0.2, -0.15) is 0 Å². The molecule has 5 nitrogen and oxygen atoms in total. The fraction of sp³-hybridized carbons (Fsp3) is 0.714. The number of rotatable bonds is 3. The predicted molar refractivity (Wildman–Crippen MR) is 101 cm³/mol. The van der Waals surface area contributed by atoms with Gasteiger partial charge >= 0.3 is 0 Å². The second-order valence-electron chi connectivity index (χ2n) is 5.65. The Morgan fingerprint density at radius 2 is 2.00 bits per heavy atom. The van der Waals surface area contributed by atoms with Crippen molar-refractivity contribution in [2.45, 2.75) is 19.9 Å². The Morgan fingerprint density at radius 1 is 1.30 bits per heavy atom. The molecule has 1 unspecified atom stereocenters. The first-order valence-corrected chi connectivity index (χ1v) is 8.23. The summed E-state index contributed by atoms with van der Waals surface area (Å²) in [5, 5.41) is 6.53. The lowest BCUT2D eigenvalue weighted by molar-refractivity contribution is -0.136. The minimum Gasteiger partial charge on any atom is -0.340 e. The third-order valence-corrected chi connectivity index (χ3v) is 4.97. The minimum atomic E-state index is 0. The first-order valence-electron chi connectivity index (χ1n) is 7.35. The Balaban J connectivity index is 0.00000161. The van der Waals surface area contributed by atoms with Crippen molar-refractivity contribution < 1.29 is 4.79 Å². The predicted octanol–water partition coefficient (Wildman–Crippen LogP) is 1.97. The molecule has 0 aromatic carbocycles. The van der Waals surface area contributed by atoms with Crippen molar-refractivity contribution in [1.29, 1.82) is 0 Å². The van der Waals surface area contributed by atoms with Crippen LogP contribution in [-0.2, 0) is 11.3 Å². The zero-order valence-corrected chi connectivity index (χ0v) is 16.5. The molecule has 1 aromatic rings. The number of hydrogen-bond donors (Lipinski definition) is 1. The van der Waals surface area contributed by atoms with E-state index in [1.54, 1.807) is 11.3 Å². The summed E-state index contributed by atoms with van der Waals surface area (Å²) in [7, 11) is 0. The highest BCUT2D eigenvalue weighted by Crippen LogP contribution is 2.15. The van der Waals surface area contributed by atoms with Crippen molar-refractivity contribution in [3.8, 4) is 0 Å². The van der Waals surface area contributed by atoms with Gasteiger partial charge in [-0.05, 0) is 19.9 Å². The molecule has 2 fully saturated rings. The molecule has 0 aliphatic carbocycles. The van der Waals surface area contributed by atoms with E-state index in [0.717, 1.165) is 62.9 Å². The molecule has 1 aromatic heterocycles. The summed E-state index contributed by atoms with van der Waals surface area (Å²) in [6.45, 7) is 8.44. The molecule has 2 saturated heterocycles. The van der Waals surface area contributed by atoms with Crippen LogP contribution in [0.1, 0.15) is 17.1 Å². The van der Waals surface area contributed by atoms with E-state index < -0.39 is 0 Å². The molecule has 9 heteroatoms. The summed E-state index contributed by atoms with van der Waals surface area (Å²) >= 11 is 1.71. The number of carbonyl (C=O) groups excluding carboxylic acids is 1. The van der Waals surface area contributed by atoms with E-state index in [1.807, 2.05) is 11.8 Å². The van der Waals surface area contributed by atoms with Crippen molar-refractivity contribution in [1.82, 2.24) is 20.1 Å². The van der Waals surface area contributed by atoms with Crippen LogP contribution in [0, 0.1) is 12.8 Å². The smallest absolute Gasteiger partial charge is 0.227 e. The van der Waals surface area contributed by atoms with Crippen molar-refractivity contribution in [2.75, 3.05) is 39.3 Å². The van der Waals surface area contributed by atoms with Crippen LogP contribution in [-0.4, -0.2) is 60.0 Å². The zero-order chi connectivity index (χ0) is 13.9. The van der Waals surface area contributed by atoms with E-state index in [9.17, 15) is 4.79 Å². The molecule has 0 saturated carbocycles. The number of carbonyl (C=O) groups is 1. The van der Waals surface area contributed by atoms with Gasteiger partial charge in [-0.1, -0.05) is 0 Å². The SMILES string of the molecule is Cc1nc(CN2CCN(C(=O)C3CCNC3)CC2)cs1.Cl.Cl.Cl. The maximum atomic E-state index is 12.3. The average molecular weight is 404 g/mol. The van der Waals surface area contributed by atoms with Gasteiger partial charge in [0.15, 0.2) is 0 Å². The number of amides is 1. The van der Waals surface area contributed by atoms with E-state index in [0.29, 0.717) is 5.91 Å². The fourth-order valence-electron chi connectivity index (χ4n) is 2.96. The number of nitrogens with zero attached hydrogens (tertiary/aromatic N) is 3. The normalized spacial score (nSPS) is 21.1. The number of thiazole rings is 1. The van der Waals surface area contributed by atoms with Crippen LogP contribution in [0.3, 0.4) is 0 Å². The quantitative estimate of drug-likeness (QED) is 0.838. The maximum Gasteiger partial charge on any atom is 0.227 e. The molecule has 134 valence electrons. The van der Waals surface area contributed by atoms with Gasteiger partial charge in [0.1, 0.15) is 0 Å². The van der Waals surface area contributed by atoms with E-state index in [4.69, 9.17) is 0 Å². The molecular weight excluding hydrogens is 379 g/mol. The van der Waals surface area contributed by atoms with Crippen LogP contribution in [0.15, 0.2) is 5.38 Å². The summed E-state index contributed by atoms with van der Waals surface area (Å²) in [6, 6.07) is 0. The largest absolute Gasteiger partial charge is 0.340 e. The van der Waals surface area contributed by atoms with Crippen LogP contribution >= 0.6 is 48.6 Å². The lowest BCUT2D eigenvalue weighted by Crippen LogP contribution is -2.50. The summed E-state index contributed by atoms with van der Waals surface area (Å²) in [5.41, 5.74) is 1.16. The second-order valence-corrected chi connectivity index (χ2v) is 6.71. The molecule has 3 rings (SSSR count). The first-order chi connectivity index (χ1) is 9.72. The summed E-state index contributed by atoms with van der Waals surface area (Å²) in [6.07, 6.45) is 0.997. The Morgan fingerprint density at radius 3 is 2.52 bits per heavy atom. The van der Waals surface area contributed by atoms with Gasteiger partial charge in [-0.3, -0.25) is 9.69 Å². The van der Waals surface area contributed by atoms with Crippen molar-refractivity contribution in [2.24, 2.45) is 5.92 Å². The van der Waals surface area contributed by atoms with Crippen LogP contribution in [0.5, 0.6) is 0 Å². The maximum absolute atomic E-state index is 12.3. The molecule has 0 radical (unpaired) electrons. The number of halogens is 3. The standard InChI is InChI=1S/C14H22N4OS.3ClH/c1-11-16-13(10-20-11)9-17-4-6-18(7-5-17)14(19)12-2-3-15-8-12;;;/h10,12,15H,2-9H2,1H3;3*1H. The van der Waals surface area contributed by atoms with Crippen molar-refractivity contribution in [3.05, 3.63) is 16.1 Å². The van der Waals surface area contributed by atoms with Crippen molar-refractivity contribution in [3.63, 3.8) is 0 Å². The molecule has 0 spiro atoms.